The van der Waals surface area contributed by atoms with Crippen LogP contribution in [0, 0.1) is 13.8 Å². The van der Waals surface area contributed by atoms with E-state index in [-0.39, 0.29) is 18.0 Å². The molecule has 6 heteroatoms. The van der Waals surface area contributed by atoms with Gasteiger partial charge >= 0.3 is 0 Å². The van der Waals surface area contributed by atoms with Crippen molar-refractivity contribution >= 4 is 5.91 Å². The Hall–Kier alpha value is -1.40. The Labute approximate surface area is 139 Å². The van der Waals surface area contributed by atoms with Crippen LogP contribution in [-0.4, -0.2) is 57.2 Å². The topological polar surface area (TPSA) is 67.4 Å². The molecule has 1 amide bonds. The Bertz CT molecular complexity index is 549. The van der Waals surface area contributed by atoms with Gasteiger partial charge in [0.15, 0.2) is 0 Å². The van der Waals surface area contributed by atoms with Crippen LogP contribution >= 0.6 is 0 Å². The number of carbonyl (C=O) groups is 1. The van der Waals surface area contributed by atoms with Crippen LogP contribution in [0.5, 0.6) is 0 Å². The first-order valence-electron chi connectivity index (χ1n) is 8.74. The highest BCUT2D eigenvalue weighted by molar-refractivity contribution is 5.82. The first-order valence-corrected chi connectivity index (χ1v) is 8.74. The Morgan fingerprint density at radius 3 is 2.48 bits per heavy atom. The van der Waals surface area contributed by atoms with E-state index in [0.29, 0.717) is 0 Å². The lowest BCUT2D eigenvalue weighted by Crippen LogP contribution is -2.45. The fourth-order valence-electron chi connectivity index (χ4n) is 3.59. The van der Waals surface area contributed by atoms with Gasteiger partial charge in [-0.15, -0.1) is 0 Å². The maximum atomic E-state index is 12.8. The van der Waals surface area contributed by atoms with Gasteiger partial charge in [-0.2, -0.15) is 5.10 Å². The van der Waals surface area contributed by atoms with E-state index in [9.17, 15) is 4.79 Å². The number of nitrogens with two attached hydrogens (primary N) is 1. The van der Waals surface area contributed by atoms with Gasteiger partial charge in [-0.25, -0.2) is 0 Å². The summed E-state index contributed by atoms with van der Waals surface area (Å²) >= 11 is 0. The van der Waals surface area contributed by atoms with E-state index in [1.54, 1.807) is 0 Å². The number of likely N-dealkylation sites (N-methyl/N-ethyl adjacent to an activating group) is 1. The first-order chi connectivity index (χ1) is 10.9. The fraction of sp³-hybridized carbons (Fsp3) is 0.765. The standard InChI is InChI=1S/C17H31N5O/c1-6-20(7-2)17(23)16-9-14(18)10-21(16)11-15-12(4)19-22(8-3)13(15)5/h14,16H,6-11,18H2,1-5H3/t14-,16-/m0/s1. The van der Waals surface area contributed by atoms with Crippen molar-refractivity contribution in [3.8, 4) is 0 Å². The van der Waals surface area contributed by atoms with Crippen molar-refractivity contribution in [2.75, 3.05) is 19.6 Å². The third kappa shape index (κ3) is 3.58. The maximum Gasteiger partial charge on any atom is 0.239 e. The summed E-state index contributed by atoms with van der Waals surface area (Å²) in [7, 11) is 0. The van der Waals surface area contributed by atoms with Gasteiger partial charge in [0.05, 0.1) is 11.7 Å². The van der Waals surface area contributed by atoms with Gasteiger partial charge in [0, 0.05) is 50.0 Å². The molecule has 1 aromatic rings. The maximum absolute atomic E-state index is 12.8. The highest BCUT2D eigenvalue weighted by atomic mass is 16.2. The van der Waals surface area contributed by atoms with Gasteiger partial charge < -0.3 is 10.6 Å². The molecule has 2 atom stereocenters. The molecule has 0 saturated carbocycles. The molecule has 6 nitrogen and oxygen atoms in total. The molecule has 1 aromatic heterocycles. The van der Waals surface area contributed by atoms with Gasteiger partial charge in [-0.05, 0) is 41.0 Å². The minimum absolute atomic E-state index is 0.0707. The van der Waals surface area contributed by atoms with Crippen LogP contribution in [-0.2, 0) is 17.9 Å². The van der Waals surface area contributed by atoms with Crippen molar-refractivity contribution in [3.63, 3.8) is 0 Å². The second kappa shape index (κ2) is 7.45. The number of carbonyl (C=O) groups excluding carboxylic acids is 1. The van der Waals surface area contributed by atoms with E-state index in [1.807, 2.05) is 30.4 Å². The molecule has 0 aliphatic carbocycles. The normalized spacial score (nSPS) is 21.8. The van der Waals surface area contributed by atoms with E-state index in [1.165, 1.54) is 11.3 Å². The van der Waals surface area contributed by atoms with Crippen molar-refractivity contribution in [1.82, 2.24) is 19.6 Å². The number of amides is 1. The molecule has 0 spiro atoms. The molecule has 1 aliphatic rings. The highest BCUT2D eigenvalue weighted by Gasteiger charge is 2.37. The molecule has 2 rings (SSSR count). The van der Waals surface area contributed by atoms with Crippen molar-refractivity contribution in [1.29, 1.82) is 0 Å². The summed E-state index contributed by atoms with van der Waals surface area (Å²) in [6.45, 7) is 14.2. The third-order valence-electron chi connectivity index (χ3n) is 4.99. The van der Waals surface area contributed by atoms with E-state index in [2.05, 4.69) is 23.8 Å². The zero-order chi connectivity index (χ0) is 17.1. The number of aryl methyl sites for hydroxylation is 2. The lowest BCUT2D eigenvalue weighted by molar-refractivity contribution is -0.135. The molecule has 130 valence electrons. The van der Waals surface area contributed by atoms with Crippen LogP contribution in [0.1, 0.15) is 44.1 Å². The number of aromatic nitrogens is 2. The minimum atomic E-state index is -0.103. The number of rotatable bonds is 6. The van der Waals surface area contributed by atoms with Crippen LogP contribution in [0.25, 0.3) is 0 Å². The van der Waals surface area contributed by atoms with E-state index in [4.69, 9.17) is 5.73 Å². The van der Waals surface area contributed by atoms with Crippen LogP contribution in [0.4, 0.5) is 0 Å². The highest BCUT2D eigenvalue weighted by Crippen LogP contribution is 2.24. The Morgan fingerprint density at radius 1 is 1.30 bits per heavy atom. The Morgan fingerprint density at radius 2 is 1.96 bits per heavy atom. The Kier molecular flexibility index (Phi) is 5.81. The van der Waals surface area contributed by atoms with Crippen molar-refractivity contribution in [3.05, 3.63) is 17.0 Å². The van der Waals surface area contributed by atoms with Crippen molar-refractivity contribution in [2.24, 2.45) is 5.73 Å². The molecule has 1 fully saturated rings. The summed E-state index contributed by atoms with van der Waals surface area (Å²) in [5.41, 5.74) is 9.65. The third-order valence-corrected chi connectivity index (χ3v) is 4.99. The first kappa shape index (κ1) is 17.9. The summed E-state index contributed by atoms with van der Waals surface area (Å²) in [6.07, 6.45) is 0.745. The smallest absolute Gasteiger partial charge is 0.239 e. The van der Waals surface area contributed by atoms with Gasteiger partial charge in [-0.3, -0.25) is 14.4 Å². The predicted molar refractivity (Wildman–Crippen MR) is 92.1 cm³/mol. The molecule has 0 radical (unpaired) electrons. The number of nitrogens with zero attached hydrogens (tertiary/aromatic N) is 4. The van der Waals surface area contributed by atoms with Gasteiger partial charge in [-0.1, -0.05) is 0 Å². The molecule has 1 aliphatic heterocycles. The zero-order valence-electron chi connectivity index (χ0n) is 15.2. The predicted octanol–water partition coefficient (Wildman–Crippen LogP) is 1.29. The second-order valence-corrected chi connectivity index (χ2v) is 6.42. The molecule has 0 aromatic carbocycles. The number of hydrogen-bond donors (Lipinski definition) is 1. The zero-order valence-corrected chi connectivity index (χ0v) is 15.2. The molecule has 2 N–H and O–H groups in total. The largest absolute Gasteiger partial charge is 0.342 e. The lowest BCUT2D eigenvalue weighted by atomic mass is 10.1. The minimum Gasteiger partial charge on any atom is -0.342 e. The van der Waals surface area contributed by atoms with Gasteiger partial charge in [0.25, 0.3) is 0 Å². The van der Waals surface area contributed by atoms with Gasteiger partial charge in [0.1, 0.15) is 0 Å². The van der Waals surface area contributed by atoms with Crippen LogP contribution in [0.2, 0.25) is 0 Å². The monoisotopic (exact) mass is 321 g/mol. The lowest BCUT2D eigenvalue weighted by Gasteiger charge is -2.28. The second-order valence-electron chi connectivity index (χ2n) is 6.42. The van der Waals surface area contributed by atoms with E-state index < -0.39 is 0 Å². The fourth-order valence-corrected chi connectivity index (χ4v) is 3.59. The summed E-state index contributed by atoms with van der Waals surface area (Å²) in [4.78, 5) is 16.9. The molecule has 0 unspecified atom stereocenters. The molecule has 0 bridgehead atoms. The van der Waals surface area contributed by atoms with Crippen molar-refractivity contribution < 1.29 is 4.79 Å². The molecule has 23 heavy (non-hydrogen) atoms. The summed E-state index contributed by atoms with van der Waals surface area (Å²) in [5, 5.41) is 4.59. The summed E-state index contributed by atoms with van der Waals surface area (Å²) in [6, 6.07) is -0.0324. The Balaban J connectivity index is 2.20. The van der Waals surface area contributed by atoms with Crippen LogP contribution in [0.15, 0.2) is 0 Å². The number of hydrogen-bond acceptors (Lipinski definition) is 4. The quantitative estimate of drug-likeness (QED) is 0.857. The molecule has 2 heterocycles. The molecular formula is C17H31N5O. The van der Waals surface area contributed by atoms with Crippen molar-refractivity contribution in [2.45, 2.75) is 66.2 Å². The van der Waals surface area contributed by atoms with E-state index in [0.717, 1.165) is 44.8 Å². The average molecular weight is 321 g/mol. The van der Waals surface area contributed by atoms with Gasteiger partial charge in [0.2, 0.25) is 5.91 Å². The SMILES string of the molecule is CCN(CC)C(=O)[C@@H]1C[C@H](N)CN1Cc1c(C)nn(CC)c1C. The number of likely N-dealkylation sites (tertiary alicyclic amines) is 1. The summed E-state index contributed by atoms with van der Waals surface area (Å²) in [5.74, 6) is 0.209. The van der Waals surface area contributed by atoms with Crippen LogP contribution in [0.3, 0.4) is 0 Å². The molecule has 1 saturated heterocycles. The average Bonchev–Trinajstić information content (AvgIpc) is 3.02. The molecular weight excluding hydrogens is 290 g/mol. The van der Waals surface area contributed by atoms with Crippen LogP contribution < -0.4 is 5.73 Å². The summed E-state index contributed by atoms with van der Waals surface area (Å²) < 4.78 is 2.03. The van der Waals surface area contributed by atoms with E-state index >= 15 is 0 Å².